The lowest BCUT2D eigenvalue weighted by Gasteiger charge is -2.38. The Kier molecular flexibility index (Phi) is 8.09. The molecule has 0 aromatic heterocycles. The highest BCUT2D eigenvalue weighted by Crippen LogP contribution is 2.25. The van der Waals surface area contributed by atoms with E-state index in [0.717, 1.165) is 0 Å². The molecule has 2 rings (SSSR count). The van der Waals surface area contributed by atoms with Crippen LogP contribution in [0.4, 0.5) is 4.79 Å². The zero-order chi connectivity index (χ0) is 22.5. The second-order valence-electron chi connectivity index (χ2n) is 8.54. The van der Waals surface area contributed by atoms with Gasteiger partial charge in [-0.15, -0.1) is 0 Å². The summed E-state index contributed by atoms with van der Waals surface area (Å²) in [6.45, 7) is 6.85. The minimum atomic E-state index is -0.794. The Morgan fingerprint density at radius 2 is 1.83 bits per heavy atom. The van der Waals surface area contributed by atoms with Crippen LogP contribution in [0.3, 0.4) is 0 Å². The fourth-order valence-corrected chi connectivity index (χ4v) is 3.19. The fourth-order valence-electron chi connectivity index (χ4n) is 3.06. The van der Waals surface area contributed by atoms with Crippen LogP contribution in [-0.4, -0.2) is 85.0 Å². The van der Waals surface area contributed by atoms with E-state index < -0.39 is 17.7 Å². The molecule has 0 radical (unpaired) electrons. The molecule has 1 unspecified atom stereocenters. The van der Waals surface area contributed by atoms with Gasteiger partial charge in [0, 0.05) is 31.2 Å². The number of ether oxygens (including phenoxy) is 1. The molecule has 1 aliphatic rings. The first kappa shape index (κ1) is 24.0. The predicted octanol–water partition coefficient (Wildman–Crippen LogP) is 2.14. The van der Waals surface area contributed by atoms with E-state index in [1.165, 1.54) is 9.80 Å². The molecule has 1 saturated heterocycles. The van der Waals surface area contributed by atoms with Gasteiger partial charge >= 0.3 is 6.09 Å². The Morgan fingerprint density at radius 1 is 1.20 bits per heavy atom. The van der Waals surface area contributed by atoms with Crippen molar-refractivity contribution in [1.82, 2.24) is 20.0 Å². The van der Waals surface area contributed by atoms with Crippen molar-refractivity contribution in [2.45, 2.75) is 32.4 Å². The van der Waals surface area contributed by atoms with E-state index in [2.05, 4.69) is 5.32 Å². The number of carbonyl (C=O) groups excluding carboxylic acids is 3. The van der Waals surface area contributed by atoms with E-state index >= 15 is 0 Å². The molecule has 166 valence electrons. The Bertz CT molecular complexity index is 761. The number of amides is 3. The number of halogens is 1. The summed E-state index contributed by atoms with van der Waals surface area (Å²) in [5.74, 6) is -0.576. The first-order valence-electron chi connectivity index (χ1n) is 9.93. The summed E-state index contributed by atoms with van der Waals surface area (Å²) >= 11 is 5.99. The third-order valence-electron chi connectivity index (χ3n) is 4.51. The second kappa shape index (κ2) is 10.1. The average molecular weight is 439 g/mol. The molecule has 0 spiro atoms. The van der Waals surface area contributed by atoms with Crippen LogP contribution in [0, 0.1) is 0 Å². The summed E-state index contributed by atoms with van der Waals surface area (Å²) in [4.78, 5) is 43.1. The third-order valence-corrected chi connectivity index (χ3v) is 4.76. The summed E-state index contributed by atoms with van der Waals surface area (Å²) < 4.78 is 5.36. The van der Waals surface area contributed by atoms with Gasteiger partial charge in [-0.3, -0.25) is 14.5 Å². The van der Waals surface area contributed by atoms with Gasteiger partial charge in [-0.2, -0.15) is 0 Å². The van der Waals surface area contributed by atoms with Gasteiger partial charge in [0.05, 0.1) is 0 Å². The molecule has 1 aromatic carbocycles. The van der Waals surface area contributed by atoms with Crippen LogP contribution in [0.2, 0.25) is 5.02 Å². The van der Waals surface area contributed by atoms with Gasteiger partial charge in [-0.05, 0) is 52.6 Å². The number of likely N-dealkylation sites (N-methyl/N-ethyl adjacent to an activating group) is 1. The minimum Gasteiger partial charge on any atom is -0.444 e. The van der Waals surface area contributed by atoms with E-state index in [1.54, 1.807) is 45.0 Å². The fraction of sp³-hybridized carbons (Fsp3) is 0.571. The van der Waals surface area contributed by atoms with Gasteiger partial charge in [0.1, 0.15) is 18.2 Å². The maximum Gasteiger partial charge on any atom is 0.410 e. The van der Waals surface area contributed by atoms with Crippen LogP contribution in [0.5, 0.6) is 0 Å². The Hall–Kier alpha value is -2.32. The Morgan fingerprint density at radius 3 is 2.37 bits per heavy atom. The van der Waals surface area contributed by atoms with Crippen LogP contribution < -0.4 is 5.32 Å². The van der Waals surface area contributed by atoms with Crippen LogP contribution in [0.25, 0.3) is 0 Å². The monoisotopic (exact) mass is 438 g/mol. The number of hydrogen-bond donors (Lipinski definition) is 1. The van der Waals surface area contributed by atoms with Crippen molar-refractivity contribution in [2.75, 3.05) is 46.8 Å². The molecule has 30 heavy (non-hydrogen) atoms. The number of piperazine rings is 1. The molecule has 9 heteroatoms. The van der Waals surface area contributed by atoms with Gasteiger partial charge in [-0.25, -0.2) is 4.79 Å². The van der Waals surface area contributed by atoms with E-state index in [1.807, 2.05) is 19.0 Å². The molecule has 0 saturated carbocycles. The lowest BCUT2D eigenvalue weighted by molar-refractivity contribution is -0.144. The zero-order valence-electron chi connectivity index (χ0n) is 18.3. The maximum absolute atomic E-state index is 13.0. The van der Waals surface area contributed by atoms with Crippen molar-refractivity contribution >= 4 is 29.5 Å². The summed E-state index contributed by atoms with van der Waals surface area (Å²) in [6, 6.07) is 6.08. The van der Waals surface area contributed by atoms with Crippen LogP contribution in [0.1, 0.15) is 32.4 Å². The first-order chi connectivity index (χ1) is 14.0. The van der Waals surface area contributed by atoms with Gasteiger partial charge in [-0.1, -0.05) is 23.7 Å². The normalized spacial score (nSPS) is 15.9. The molecule has 1 N–H and O–H groups in total. The van der Waals surface area contributed by atoms with Crippen molar-refractivity contribution in [1.29, 1.82) is 0 Å². The third kappa shape index (κ3) is 6.88. The molecule has 8 nitrogen and oxygen atoms in total. The summed E-state index contributed by atoms with van der Waals surface area (Å²) in [5, 5.41) is 3.45. The van der Waals surface area contributed by atoms with Crippen molar-refractivity contribution in [2.24, 2.45) is 0 Å². The molecule has 0 bridgehead atoms. The van der Waals surface area contributed by atoms with E-state index in [-0.39, 0.29) is 31.4 Å². The summed E-state index contributed by atoms with van der Waals surface area (Å²) in [6.07, 6.45) is -0.533. The minimum absolute atomic E-state index is 0.135. The number of hydrogen-bond acceptors (Lipinski definition) is 5. The van der Waals surface area contributed by atoms with E-state index in [4.69, 9.17) is 16.3 Å². The lowest BCUT2D eigenvalue weighted by Crippen LogP contribution is -2.56. The van der Waals surface area contributed by atoms with Crippen LogP contribution >= 0.6 is 11.6 Å². The Balaban J connectivity index is 2.16. The summed E-state index contributed by atoms with van der Waals surface area (Å²) in [5.41, 5.74) is 0.0240. The predicted molar refractivity (Wildman–Crippen MR) is 115 cm³/mol. The largest absolute Gasteiger partial charge is 0.444 e. The molecule has 1 heterocycles. The van der Waals surface area contributed by atoms with Gasteiger partial charge in [0.25, 0.3) is 0 Å². The smallest absolute Gasteiger partial charge is 0.410 e. The number of benzene rings is 1. The molecule has 0 aliphatic carbocycles. The lowest BCUT2D eigenvalue weighted by atomic mass is 10.0. The van der Waals surface area contributed by atoms with Crippen LogP contribution in [-0.2, 0) is 14.3 Å². The number of nitrogens with zero attached hydrogens (tertiary/aromatic N) is 3. The number of nitrogens with one attached hydrogen (secondary N) is 1. The highest BCUT2D eigenvalue weighted by molar-refractivity contribution is 6.30. The van der Waals surface area contributed by atoms with Crippen molar-refractivity contribution < 1.29 is 19.1 Å². The topological polar surface area (TPSA) is 82.2 Å². The molecular formula is C21H31ClN4O4. The summed E-state index contributed by atoms with van der Waals surface area (Å²) in [7, 11) is 3.84. The van der Waals surface area contributed by atoms with Crippen molar-refractivity contribution in [3.63, 3.8) is 0 Å². The van der Waals surface area contributed by atoms with Gasteiger partial charge < -0.3 is 19.9 Å². The average Bonchev–Trinajstić information content (AvgIpc) is 2.63. The highest BCUT2D eigenvalue weighted by atomic mass is 35.5. The first-order valence-corrected chi connectivity index (χ1v) is 10.3. The van der Waals surface area contributed by atoms with Gasteiger partial charge in [0.2, 0.25) is 11.8 Å². The standard InChI is InChI=1S/C21H31ClN4O4/c1-21(2,3)30-20(29)25-12-13-26(17(27)14-25)18(15-6-8-16(22)9-7-15)19(28)23-10-11-24(4)5/h6-9,18H,10-14H2,1-5H3,(H,23,28). The van der Waals surface area contributed by atoms with Crippen LogP contribution in [0.15, 0.2) is 24.3 Å². The van der Waals surface area contributed by atoms with Gasteiger partial charge in [0.15, 0.2) is 0 Å². The maximum atomic E-state index is 13.0. The molecule has 1 fully saturated rings. The van der Waals surface area contributed by atoms with Crippen molar-refractivity contribution in [3.8, 4) is 0 Å². The molecule has 3 amide bonds. The zero-order valence-corrected chi connectivity index (χ0v) is 19.0. The SMILES string of the molecule is CN(C)CCNC(=O)C(c1ccc(Cl)cc1)N1CCN(C(=O)OC(C)(C)C)CC1=O. The van der Waals surface area contributed by atoms with E-state index in [9.17, 15) is 14.4 Å². The number of rotatable bonds is 6. The quantitative estimate of drug-likeness (QED) is 0.735. The second-order valence-corrected chi connectivity index (χ2v) is 8.97. The highest BCUT2D eigenvalue weighted by Gasteiger charge is 2.37. The van der Waals surface area contributed by atoms with Crippen molar-refractivity contribution in [3.05, 3.63) is 34.9 Å². The Labute approximate surface area is 183 Å². The molecule has 1 aliphatic heterocycles. The molecular weight excluding hydrogens is 408 g/mol. The molecule has 1 aromatic rings. The molecule has 1 atom stereocenters. The van der Waals surface area contributed by atoms with E-state index in [0.29, 0.717) is 23.7 Å². The number of carbonyl (C=O) groups is 3.